The molecule has 3 N–H and O–H groups in total. The van der Waals surface area contributed by atoms with Crippen LogP contribution in [0.25, 0.3) is 0 Å². The summed E-state index contributed by atoms with van der Waals surface area (Å²) in [6.45, 7) is 0.155. The summed E-state index contributed by atoms with van der Waals surface area (Å²) in [5.41, 5.74) is 2.39. The van der Waals surface area contributed by atoms with Gasteiger partial charge in [0.05, 0.1) is 4.88 Å². The molecule has 4 nitrogen and oxygen atoms in total. The molecule has 0 spiro atoms. The van der Waals surface area contributed by atoms with E-state index in [0.717, 1.165) is 17.0 Å². The summed E-state index contributed by atoms with van der Waals surface area (Å²) in [4.78, 5) is 4.71. The molecule has 17 heavy (non-hydrogen) atoms. The van der Waals surface area contributed by atoms with Crippen LogP contribution in [-0.4, -0.2) is 4.98 Å². The highest BCUT2D eigenvalue weighted by Gasteiger charge is 2.06. The molecule has 0 atom stereocenters. The number of hydrogen-bond donors (Lipinski definition) is 2. The van der Waals surface area contributed by atoms with Crippen molar-refractivity contribution in [2.24, 2.45) is 5.84 Å². The van der Waals surface area contributed by atoms with Crippen molar-refractivity contribution in [3.63, 3.8) is 0 Å². The highest BCUT2D eigenvalue weighted by Crippen LogP contribution is 2.22. The zero-order valence-electron chi connectivity index (χ0n) is 8.61. The Morgan fingerprint density at radius 2 is 2.24 bits per heavy atom. The predicted octanol–water partition coefficient (Wildman–Crippen LogP) is 2.29. The molecule has 0 unspecified atom stereocenters. The SMILES string of the molecule is NNc1ncc(COc2ccc(F)cc2F)s1. The molecule has 2 rings (SSSR count). The molecular weight excluding hydrogens is 248 g/mol. The first-order valence-corrected chi connectivity index (χ1v) is 5.50. The largest absolute Gasteiger partial charge is 0.485 e. The fourth-order valence-corrected chi connectivity index (χ4v) is 1.82. The van der Waals surface area contributed by atoms with Crippen LogP contribution in [0.4, 0.5) is 13.9 Å². The first-order chi connectivity index (χ1) is 8.19. The molecule has 0 aliphatic carbocycles. The predicted molar refractivity (Wildman–Crippen MR) is 60.6 cm³/mol. The minimum absolute atomic E-state index is 0.00191. The van der Waals surface area contributed by atoms with Crippen LogP contribution in [-0.2, 0) is 6.61 Å². The molecule has 0 saturated heterocycles. The lowest BCUT2D eigenvalue weighted by molar-refractivity contribution is 0.292. The number of benzene rings is 1. The molecule has 1 aromatic heterocycles. The van der Waals surface area contributed by atoms with Gasteiger partial charge in [0, 0.05) is 12.3 Å². The topological polar surface area (TPSA) is 60.2 Å². The summed E-state index contributed by atoms with van der Waals surface area (Å²) in [7, 11) is 0. The number of ether oxygens (including phenoxy) is 1. The molecule has 0 aliphatic heterocycles. The van der Waals surface area contributed by atoms with E-state index < -0.39 is 11.6 Å². The second kappa shape index (κ2) is 5.07. The fraction of sp³-hybridized carbons (Fsp3) is 0.100. The van der Waals surface area contributed by atoms with Crippen molar-refractivity contribution < 1.29 is 13.5 Å². The molecule has 90 valence electrons. The Bertz CT molecular complexity index is 518. The first kappa shape index (κ1) is 11.7. The van der Waals surface area contributed by atoms with Gasteiger partial charge in [-0.1, -0.05) is 11.3 Å². The minimum Gasteiger partial charge on any atom is -0.485 e. The molecule has 0 bridgehead atoms. The molecule has 0 radical (unpaired) electrons. The number of anilines is 1. The Balaban J connectivity index is 2.02. The zero-order chi connectivity index (χ0) is 12.3. The number of hydrogen-bond acceptors (Lipinski definition) is 5. The zero-order valence-corrected chi connectivity index (χ0v) is 9.43. The van der Waals surface area contributed by atoms with Gasteiger partial charge in [-0.2, -0.15) is 0 Å². The molecule has 1 heterocycles. The Labute approximate surface area is 100 Å². The maximum absolute atomic E-state index is 13.2. The van der Waals surface area contributed by atoms with Gasteiger partial charge in [0.2, 0.25) is 0 Å². The van der Waals surface area contributed by atoms with Crippen molar-refractivity contribution in [1.29, 1.82) is 0 Å². The van der Waals surface area contributed by atoms with Crippen LogP contribution < -0.4 is 16.0 Å². The third kappa shape index (κ3) is 2.89. The Morgan fingerprint density at radius 1 is 1.41 bits per heavy atom. The van der Waals surface area contributed by atoms with Gasteiger partial charge < -0.3 is 4.74 Å². The number of aromatic nitrogens is 1. The number of nitrogens with two attached hydrogens (primary N) is 1. The minimum atomic E-state index is -0.730. The van der Waals surface area contributed by atoms with E-state index in [1.54, 1.807) is 6.20 Å². The number of rotatable bonds is 4. The van der Waals surface area contributed by atoms with E-state index in [9.17, 15) is 8.78 Å². The Morgan fingerprint density at radius 3 is 2.88 bits per heavy atom. The van der Waals surface area contributed by atoms with E-state index in [1.165, 1.54) is 17.4 Å². The summed E-state index contributed by atoms with van der Waals surface area (Å²) >= 11 is 1.29. The lowest BCUT2D eigenvalue weighted by atomic mass is 10.3. The van der Waals surface area contributed by atoms with Crippen molar-refractivity contribution in [1.82, 2.24) is 4.98 Å². The summed E-state index contributed by atoms with van der Waals surface area (Å²) in [6, 6.07) is 3.15. The number of nitrogens with one attached hydrogen (secondary N) is 1. The van der Waals surface area contributed by atoms with Crippen molar-refractivity contribution in [2.75, 3.05) is 5.43 Å². The van der Waals surface area contributed by atoms with E-state index in [-0.39, 0.29) is 12.4 Å². The molecule has 0 amide bonds. The van der Waals surface area contributed by atoms with Gasteiger partial charge >= 0.3 is 0 Å². The van der Waals surface area contributed by atoms with Gasteiger partial charge in [0.1, 0.15) is 12.4 Å². The number of nitrogen functional groups attached to an aromatic ring is 1. The van der Waals surface area contributed by atoms with Crippen LogP contribution >= 0.6 is 11.3 Å². The molecular formula is C10H9F2N3OS. The molecule has 0 fully saturated rings. The van der Waals surface area contributed by atoms with Crippen molar-refractivity contribution in [3.05, 3.63) is 40.9 Å². The van der Waals surface area contributed by atoms with E-state index in [2.05, 4.69) is 10.4 Å². The molecule has 2 aromatic rings. The summed E-state index contributed by atoms with van der Waals surface area (Å²) in [5.74, 6) is 3.80. The van der Waals surface area contributed by atoms with Crippen molar-refractivity contribution in [3.8, 4) is 5.75 Å². The standard InChI is InChI=1S/C10H9F2N3OS/c11-6-1-2-9(8(12)3-6)16-5-7-4-14-10(15-13)17-7/h1-4H,5,13H2,(H,14,15). The average Bonchev–Trinajstić information content (AvgIpc) is 2.76. The van der Waals surface area contributed by atoms with E-state index in [4.69, 9.17) is 10.6 Å². The van der Waals surface area contributed by atoms with Crippen LogP contribution in [0.5, 0.6) is 5.75 Å². The normalized spacial score (nSPS) is 10.3. The quantitative estimate of drug-likeness (QED) is 0.651. The van der Waals surface area contributed by atoms with Gasteiger partial charge in [-0.15, -0.1) is 0 Å². The highest BCUT2D eigenvalue weighted by molar-refractivity contribution is 7.15. The third-order valence-electron chi connectivity index (χ3n) is 1.94. The van der Waals surface area contributed by atoms with Gasteiger partial charge in [0.15, 0.2) is 16.7 Å². The van der Waals surface area contributed by atoms with Crippen LogP contribution in [0, 0.1) is 11.6 Å². The first-order valence-electron chi connectivity index (χ1n) is 4.68. The summed E-state index contributed by atoms with van der Waals surface area (Å²) < 4.78 is 31.0. The van der Waals surface area contributed by atoms with E-state index in [0.29, 0.717) is 5.13 Å². The van der Waals surface area contributed by atoms with Crippen LogP contribution in [0.3, 0.4) is 0 Å². The molecule has 0 saturated carbocycles. The van der Waals surface area contributed by atoms with Crippen LogP contribution in [0.2, 0.25) is 0 Å². The highest BCUT2D eigenvalue weighted by atomic mass is 32.1. The lowest BCUT2D eigenvalue weighted by Crippen LogP contribution is -2.05. The molecule has 7 heteroatoms. The van der Waals surface area contributed by atoms with Crippen molar-refractivity contribution >= 4 is 16.5 Å². The third-order valence-corrected chi connectivity index (χ3v) is 2.84. The maximum Gasteiger partial charge on any atom is 0.197 e. The second-order valence-corrected chi connectivity index (χ2v) is 4.25. The molecule has 1 aromatic carbocycles. The molecule has 0 aliphatic rings. The fourth-order valence-electron chi connectivity index (χ4n) is 1.18. The van der Waals surface area contributed by atoms with Crippen LogP contribution in [0.1, 0.15) is 4.88 Å². The van der Waals surface area contributed by atoms with Crippen molar-refractivity contribution in [2.45, 2.75) is 6.61 Å². The summed E-state index contributed by atoms with van der Waals surface area (Å²) in [6.07, 6.45) is 1.57. The summed E-state index contributed by atoms with van der Waals surface area (Å²) in [5, 5.41) is 0.545. The van der Waals surface area contributed by atoms with Gasteiger partial charge in [-0.25, -0.2) is 19.6 Å². The Hall–Kier alpha value is -1.73. The second-order valence-electron chi connectivity index (χ2n) is 3.14. The van der Waals surface area contributed by atoms with Gasteiger partial charge in [-0.05, 0) is 12.1 Å². The number of nitrogens with zero attached hydrogens (tertiary/aromatic N) is 1. The van der Waals surface area contributed by atoms with Gasteiger partial charge in [0.25, 0.3) is 0 Å². The smallest absolute Gasteiger partial charge is 0.197 e. The van der Waals surface area contributed by atoms with Gasteiger partial charge in [-0.3, -0.25) is 5.43 Å². The number of halogens is 2. The van der Waals surface area contributed by atoms with E-state index >= 15 is 0 Å². The Kier molecular flexibility index (Phi) is 3.50. The monoisotopic (exact) mass is 257 g/mol. The number of hydrazine groups is 1. The number of thiazole rings is 1. The van der Waals surface area contributed by atoms with E-state index in [1.807, 2.05) is 0 Å². The maximum atomic E-state index is 13.2. The lowest BCUT2D eigenvalue weighted by Gasteiger charge is -2.05. The van der Waals surface area contributed by atoms with Crippen LogP contribution in [0.15, 0.2) is 24.4 Å². The average molecular weight is 257 g/mol.